The highest BCUT2D eigenvalue weighted by molar-refractivity contribution is 6.03. The molecule has 2 amide bonds. The molecule has 0 unspecified atom stereocenters. The van der Waals surface area contributed by atoms with Crippen LogP contribution in [0.2, 0.25) is 0 Å². The molecule has 1 aromatic heterocycles. The number of nitrogens with zero attached hydrogens (tertiary/aromatic N) is 1. The summed E-state index contributed by atoms with van der Waals surface area (Å²) in [4.78, 5) is 37.9. The SMILES string of the molecule is CC(C)NC(=O)CCNC(=O)c1ncccc1C(=O)O. The zero-order valence-corrected chi connectivity index (χ0v) is 11.3. The Balaban J connectivity index is 2.56. The number of carbonyl (C=O) groups is 3. The summed E-state index contributed by atoms with van der Waals surface area (Å²) in [6, 6.07) is 2.78. The maximum Gasteiger partial charge on any atom is 0.338 e. The van der Waals surface area contributed by atoms with Gasteiger partial charge in [-0.15, -0.1) is 0 Å². The van der Waals surface area contributed by atoms with Crippen molar-refractivity contribution in [2.24, 2.45) is 0 Å². The minimum atomic E-state index is -1.22. The fourth-order valence-corrected chi connectivity index (χ4v) is 1.53. The summed E-state index contributed by atoms with van der Waals surface area (Å²) >= 11 is 0. The van der Waals surface area contributed by atoms with Gasteiger partial charge in [0, 0.05) is 25.2 Å². The molecule has 0 radical (unpaired) electrons. The van der Waals surface area contributed by atoms with E-state index in [9.17, 15) is 14.4 Å². The molecule has 0 saturated heterocycles. The molecule has 0 spiro atoms. The number of nitrogens with one attached hydrogen (secondary N) is 2. The van der Waals surface area contributed by atoms with E-state index in [1.165, 1.54) is 18.3 Å². The molecule has 3 N–H and O–H groups in total. The molecule has 0 aliphatic heterocycles. The van der Waals surface area contributed by atoms with Crippen molar-refractivity contribution in [1.82, 2.24) is 15.6 Å². The van der Waals surface area contributed by atoms with Gasteiger partial charge in [0.2, 0.25) is 5.91 Å². The smallest absolute Gasteiger partial charge is 0.338 e. The Labute approximate surface area is 116 Å². The van der Waals surface area contributed by atoms with Gasteiger partial charge < -0.3 is 15.7 Å². The van der Waals surface area contributed by atoms with E-state index in [2.05, 4.69) is 15.6 Å². The van der Waals surface area contributed by atoms with Crippen LogP contribution < -0.4 is 10.6 Å². The lowest BCUT2D eigenvalue weighted by molar-refractivity contribution is -0.121. The number of aromatic nitrogens is 1. The van der Waals surface area contributed by atoms with Crippen LogP contribution in [0.4, 0.5) is 0 Å². The van der Waals surface area contributed by atoms with Crippen LogP contribution in [-0.2, 0) is 4.79 Å². The first-order valence-corrected chi connectivity index (χ1v) is 6.17. The zero-order valence-electron chi connectivity index (χ0n) is 11.3. The Morgan fingerprint density at radius 1 is 1.35 bits per heavy atom. The molecule has 7 heteroatoms. The number of carbonyl (C=O) groups excluding carboxylic acids is 2. The van der Waals surface area contributed by atoms with Gasteiger partial charge in [-0.05, 0) is 26.0 Å². The van der Waals surface area contributed by atoms with E-state index < -0.39 is 11.9 Å². The molecule has 20 heavy (non-hydrogen) atoms. The molecule has 108 valence electrons. The Morgan fingerprint density at radius 3 is 2.65 bits per heavy atom. The number of hydrogen-bond acceptors (Lipinski definition) is 4. The van der Waals surface area contributed by atoms with Gasteiger partial charge in [0.05, 0.1) is 5.56 Å². The summed E-state index contributed by atoms with van der Waals surface area (Å²) in [6.07, 6.45) is 1.46. The highest BCUT2D eigenvalue weighted by atomic mass is 16.4. The van der Waals surface area contributed by atoms with E-state index in [0.29, 0.717) is 0 Å². The quantitative estimate of drug-likeness (QED) is 0.699. The number of hydrogen-bond donors (Lipinski definition) is 3. The van der Waals surface area contributed by atoms with E-state index >= 15 is 0 Å². The first kappa shape index (κ1) is 15.6. The second kappa shape index (κ2) is 7.22. The van der Waals surface area contributed by atoms with E-state index in [-0.39, 0.29) is 36.2 Å². The van der Waals surface area contributed by atoms with Crippen molar-refractivity contribution in [2.45, 2.75) is 26.3 Å². The Kier molecular flexibility index (Phi) is 5.64. The highest BCUT2D eigenvalue weighted by Gasteiger charge is 2.17. The maximum atomic E-state index is 11.8. The lowest BCUT2D eigenvalue weighted by Gasteiger charge is -2.09. The van der Waals surface area contributed by atoms with Crippen molar-refractivity contribution in [3.63, 3.8) is 0 Å². The van der Waals surface area contributed by atoms with Crippen molar-refractivity contribution in [3.05, 3.63) is 29.6 Å². The number of aromatic carboxylic acids is 1. The lowest BCUT2D eigenvalue weighted by atomic mass is 10.2. The Hall–Kier alpha value is -2.44. The van der Waals surface area contributed by atoms with Crippen molar-refractivity contribution in [2.75, 3.05) is 6.54 Å². The van der Waals surface area contributed by atoms with Crippen molar-refractivity contribution < 1.29 is 19.5 Å². The third kappa shape index (κ3) is 4.68. The second-order valence-electron chi connectivity index (χ2n) is 4.43. The minimum Gasteiger partial charge on any atom is -0.478 e. The number of carboxylic acid groups (broad SMARTS) is 1. The predicted octanol–water partition coefficient (Wildman–Crippen LogP) is 0.424. The van der Waals surface area contributed by atoms with E-state index in [1.54, 1.807) is 0 Å². The van der Waals surface area contributed by atoms with E-state index in [1.807, 2.05) is 13.8 Å². The molecular weight excluding hydrogens is 262 g/mol. The number of carboxylic acids is 1. The number of rotatable bonds is 6. The number of amides is 2. The molecule has 0 fully saturated rings. The standard InChI is InChI=1S/C13H17N3O4/c1-8(2)16-10(17)5-7-15-12(18)11-9(13(19)20)4-3-6-14-11/h3-4,6,8H,5,7H2,1-2H3,(H,15,18)(H,16,17)(H,19,20). The summed E-state index contributed by atoms with van der Waals surface area (Å²) in [5, 5.41) is 14.1. The van der Waals surface area contributed by atoms with Crippen molar-refractivity contribution in [1.29, 1.82) is 0 Å². The summed E-state index contributed by atoms with van der Waals surface area (Å²) in [5.74, 6) is -2.01. The number of pyridine rings is 1. The predicted molar refractivity (Wildman–Crippen MR) is 71.4 cm³/mol. The third-order valence-electron chi connectivity index (χ3n) is 2.34. The molecule has 0 saturated carbocycles. The molecule has 0 bridgehead atoms. The van der Waals surface area contributed by atoms with Crippen LogP contribution in [0, 0.1) is 0 Å². The van der Waals surface area contributed by atoms with Crippen LogP contribution in [0.5, 0.6) is 0 Å². The minimum absolute atomic E-state index is 0.0348. The van der Waals surface area contributed by atoms with Gasteiger partial charge in [-0.3, -0.25) is 14.6 Å². The van der Waals surface area contributed by atoms with Gasteiger partial charge >= 0.3 is 5.97 Å². The Bertz CT molecular complexity index is 514. The summed E-state index contributed by atoms with van der Waals surface area (Å²) < 4.78 is 0. The van der Waals surface area contributed by atoms with Gasteiger partial charge in [0.1, 0.15) is 5.69 Å². The average Bonchev–Trinajstić information content (AvgIpc) is 2.37. The fourth-order valence-electron chi connectivity index (χ4n) is 1.53. The van der Waals surface area contributed by atoms with Crippen LogP contribution in [0.1, 0.15) is 41.1 Å². The molecule has 0 aliphatic carbocycles. The summed E-state index contributed by atoms with van der Waals surface area (Å²) in [7, 11) is 0. The second-order valence-corrected chi connectivity index (χ2v) is 4.43. The van der Waals surface area contributed by atoms with Gasteiger partial charge in [0.25, 0.3) is 5.91 Å². The first-order valence-electron chi connectivity index (χ1n) is 6.17. The van der Waals surface area contributed by atoms with Crippen LogP contribution in [0.3, 0.4) is 0 Å². The van der Waals surface area contributed by atoms with Gasteiger partial charge in [-0.1, -0.05) is 0 Å². The van der Waals surface area contributed by atoms with Gasteiger partial charge in [-0.2, -0.15) is 0 Å². The van der Waals surface area contributed by atoms with Crippen LogP contribution >= 0.6 is 0 Å². The van der Waals surface area contributed by atoms with Gasteiger partial charge in [-0.25, -0.2) is 4.79 Å². The molecular formula is C13H17N3O4. The maximum absolute atomic E-state index is 11.8. The highest BCUT2D eigenvalue weighted by Crippen LogP contribution is 2.05. The van der Waals surface area contributed by atoms with Crippen molar-refractivity contribution in [3.8, 4) is 0 Å². The van der Waals surface area contributed by atoms with E-state index in [0.717, 1.165) is 0 Å². The third-order valence-corrected chi connectivity index (χ3v) is 2.34. The van der Waals surface area contributed by atoms with Crippen molar-refractivity contribution >= 4 is 17.8 Å². The topological polar surface area (TPSA) is 108 Å². The normalized spacial score (nSPS) is 10.2. The fraction of sp³-hybridized carbons (Fsp3) is 0.385. The largest absolute Gasteiger partial charge is 0.478 e. The van der Waals surface area contributed by atoms with Crippen LogP contribution in [0.15, 0.2) is 18.3 Å². The van der Waals surface area contributed by atoms with E-state index in [4.69, 9.17) is 5.11 Å². The first-order chi connectivity index (χ1) is 9.41. The lowest BCUT2D eigenvalue weighted by Crippen LogP contribution is -2.34. The monoisotopic (exact) mass is 279 g/mol. The summed E-state index contributed by atoms with van der Waals surface area (Å²) in [6.45, 7) is 3.79. The molecule has 1 heterocycles. The zero-order chi connectivity index (χ0) is 15.1. The average molecular weight is 279 g/mol. The van der Waals surface area contributed by atoms with Crippen LogP contribution in [0.25, 0.3) is 0 Å². The summed E-state index contributed by atoms with van der Waals surface area (Å²) in [5.41, 5.74) is -0.333. The van der Waals surface area contributed by atoms with Gasteiger partial charge in [0.15, 0.2) is 0 Å². The molecule has 0 aromatic carbocycles. The molecule has 0 aliphatic rings. The van der Waals surface area contributed by atoms with Crippen LogP contribution in [-0.4, -0.2) is 40.5 Å². The molecule has 1 aromatic rings. The molecule has 1 rings (SSSR count). The molecule has 0 atom stereocenters. The Morgan fingerprint density at radius 2 is 2.05 bits per heavy atom. The molecule has 7 nitrogen and oxygen atoms in total.